The number of para-hydroxylation sites is 2. The Kier molecular flexibility index (Phi) is 22.2. The highest BCUT2D eigenvalue weighted by Crippen LogP contribution is 2.56. The van der Waals surface area contributed by atoms with Crippen molar-refractivity contribution in [3.05, 3.63) is 432 Å². The number of nitrogens with zero attached hydrogens (tertiary/aromatic N) is 3. The molecule has 0 saturated carbocycles. The van der Waals surface area contributed by atoms with Gasteiger partial charge >= 0.3 is 0 Å². The minimum atomic E-state index is -0.110. The topological polar surface area (TPSA) is 65.1 Å². The lowest BCUT2D eigenvalue weighted by atomic mass is 9.34. The molecule has 6 heterocycles. The first-order chi connectivity index (χ1) is 70.8. The lowest BCUT2D eigenvalue weighted by molar-refractivity contribution is 0.463. The van der Waals surface area contributed by atoms with Crippen LogP contribution in [-0.4, -0.2) is 20.1 Å². The zero-order valence-electron chi connectivity index (χ0n) is 85.8. The molecular weight excluding hydrogens is 1780 g/mol. The van der Waals surface area contributed by atoms with Gasteiger partial charge < -0.3 is 43.1 Å². The predicted octanol–water partition coefficient (Wildman–Crippen LogP) is 31.3. The molecule has 0 N–H and O–H groups in total. The van der Waals surface area contributed by atoms with Gasteiger partial charge in [0.05, 0.1) is 17.1 Å². The van der Waals surface area contributed by atoms with Crippen LogP contribution in [0, 0.1) is 0 Å². The highest BCUT2D eigenvalue weighted by atomic mass is 16.5. The monoisotopic (exact) mass is 1900 g/mol. The number of hydrogen-bond donors (Lipinski definition) is 0. The molecule has 19 aromatic carbocycles. The Morgan fingerprint density at radius 2 is 0.432 bits per heavy atom. The SMILES string of the molecule is CC(C)c1ccc2c(c1)B1c3cc(C(C)C)ccc3Oc3cc(N(c4ccc5ccccc5c4)c4ccc5ccccc5c4)cc(c31)O2.CC(C)c1ccc2c(c1)B1c3cc(C(C)C)ccc3Oc3cc(N(c4ccccc4)c4ccc5c(c4)C(C)(C)c4ccccc4-5)cc(c31)O2.CC(C)c1ccc2c(c1)Oc1cc(N(c3ccccc3)c3ccc4c(c3)C(C)(C)c3ccccc3-4)cc3c1B2c1ccc(C(C)C)cc1O3. The van der Waals surface area contributed by atoms with E-state index in [1.807, 2.05) is 0 Å². The van der Waals surface area contributed by atoms with Crippen molar-refractivity contribution in [3.8, 4) is 91.2 Å². The standard InChI is InChI=1S/2C45H40BNO2.C44H36BNO2/c1-27(2)29-16-20-40-38(22-29)46-39-23-30(28(3)4)17-21-41(39)49-43-26-33(25-42(48-40)44(43)46)47(31-12-8-7-9-13-31)32-18-19-35-34-14-10-11-15-36(34)45(5,6)37(35)24-32;1-27(2)29-16-20-38-40(22-29)48-42-25-33(26-43-44(42)46(38)39-21-17-30(28(3)4)23-41(39)49-43)47(31-12-8-7-9-13-31)32-18-19-35-34-14-10-11-15-36(34)45(5,6)37(35)24-32;1-27(2)31-15-19-40-38(23-31)45-39-24-32(28(3)4)16-20-41(39)48-43-26-37(25-42(47-40)44(43)45)46(35-17-13-29-9-5-7-11-33(29)21-35)36-18-14-30-10-6-8-12-34(30)22-36/h2*7-28H,1-6H3;5-28H,1-4H3. The largest absolute Gasteiger partial charge is 0.458 e. The Hall–Kier alpha value is -15.9. The summed E-state index contributed by atoms with van der Waals surface area (Å²) in [5, 5.41) is 4.81. The van der Waals surface area contributed by atoms with Crippen molar-refractivity contribution in [2.45, 2.75) is 157 Å². The fourth-order valence-corrected chi connectivity index (χ4v) is 23.9. The second-order valence-corrected chi connectivity index (χ2v) is 43.7. The van der Waals surface area contributed by atoms with Crippen LogP contribution >= 0.6 is 0 Å². The molecule has 0 aromatic heterocycles. The summed E-state index contributed by atoms with van der Waals surface area (Å²) < 4.78 is 41.2. The maximum atomic E-state index is 6.90. The molecule has 9 nitrogen and oxygen atoms in total. The summed E-state index contributed by atoms with van der Waals surface area (Å²) in [7, 11) is 0. The Balaban J connectivity index is 0.000000114. The van der Waals surface area contributed by atoms with Crippen LogP contribution in [0.5, 0.6) is 69.0 Å². The zero-order chi connectivity index (χ0) is 99.7. The summed E-state index contributed by atoms with van der Waals surface area (Å²) in [4.78, 5) is 7.01. The molecule has 2 aliphatic carbocycles. The van der Waals surface area contributed by atoms with Crippen molar-refractivity contribution in [3.63, 3.8) is 0 Å². The van der Waals surface area contributed by atoms with Gasteiger partial charge in [0.2, 0.25) is 0 Å². The van der Waals surface area contributed by atoms with Crippen molar-refractivity contribution >= 4 is 142 Å². The fourth-order valence-electron chi connectivity index (χ4n) is 23.9. The van der Waals surface area contributed by atoms with Crippen LogP contribution in [0.1, 0.15) is 202 Å². The van der Waals surface area contributed by atoms with Gasteiger partial charge in [0.15, 0.2) is 0 Å². The highest BCUT2D eigenvalue weighted by molar-refractivity contribution is 6.99. The first-order valence-corrected chi connectivity index (χ1v) is 52.2. The van der Waals surface area contributed by atoms with E-state index in [0.717, 1.165) is 137 Å². The van der Waals surface area contributed by atoms with E-state index < -0.39 is 0 Å². The van der Waals surface area contributed by atoms with E-state index in [-0.39, 0.29) is 31.0 Å². The third-order valence-electron chi connectivity index (χ3n) is 32.0. The fraction of sp³-hybridized carbons (Fsp3) is 0.179. The van der Waals surface area contributed by atoms with Crippen LogP contribution in [-0.2, 0) is 10.8 Å². The zero-order valence-corrected chi connectivity index (χ0v) is 85.8. The number of anilines is 9. The molecule has 6 aliphatic heterocycles. The van der Waals surface area contributed by atoms with Crippen LogP contribution in [0.2, 0.25) is 0 Å². The summed E-state index contributed by atoms with van der Waals surface area (Å²) in [6.45, 7) is 36.4. The van der Waals surface area contributed by atoms with Gasteiger partial charge in [-0.15, -0.1) is 0 Å². The summed E-state index contributed by atoms with van der Waals surface area (Å²) >= 11 is 0. The highest BCUT2D eigenvalue weighted by Gasteiger charge is 2.47. The Labute approximate surface area is 859 Å². The van der Waals surface area contributed by atoms with Crippen molar-refractivity contribution in [1.82, 2.24) is 0 Å². The van der Waals surface area contributed by atoms with E-state index in [2.05, 4.69) is 502 Å². The minimum Gasteiger partial charge on any atom is -0.458 e. The molecule has 0 radical (unpaired) electrons. The maximum absolute atomic E-state index is 6.90. The van der Waals surface area contributed by atoms with Gasteiger partial charge in [0.1, 0.15) is 69.0 Å². The Bertz CT molecular complexity index is 8200. The van der Waals surface area contributed by atoms with Crippen molar-refractivity contribution in [2.24, 2.45) is 0 Å². The third kappa shape index (κ3) is 15.4. The molecule has 0 unspecified atom stereocenters. The van der Waals surface area contributed by atoms with E-state index in [1.165, 1.54) is 132 Å². The molecule has 0 bridgehead atoms. The molecule has 19 aromatic rings. The van der Waals surface area contributed by atoms with E-state index in [4.69, 9.17) is 28.4 Å². The molecule has 712 valence electrons. The average molecular weight is 1900 g/mol. The second kappa shape index (κ2) is 35.6. The summed E-state index contributed by atoms with van der Waals surface area (Å²) in [5.74, 6) is 13.0. The van der Waals surface area contributed by atoms with Gasteiger partial charge in [-0.2, -0.15) is 0 Å². The van der Waals surface area contributed by atoms with E-state index in [9.17, 15) is 0 Å². The van der Waals surface area contributed by atoms with Crippen LogP contribution in [0.3, 0.4) is 0 Å². The van der Waals surface area contributed by atoms with Gasteiger partial charge in [0.25, 0.3) is 20.1 Å². The van der Waals surface area contributed by atoms with Gasteiger partial charge in [0, 0.05) is 97.7 Å². The average Bonchev–Trinajstić information content (AvgIpc) is 1.02. The molecule has 0 spiro atoms. The normalized spacial score (nSPS) is 13.8. The lowest BCUT2D eigenvalue weighted by Gasteiger charge is -2.35. The van der Waals surface area contributed by atoms with E-state index in [1.54, 1.807) is 0 Å². The van der Waals surface area contributed by atoms with E-state index >= 15 is 0 Å². The summed E-state index contributed by atoms with van der Waals surface area (Å²) in [6, 6.07) is 137. The number of hydrogen-bond acceptors (Lipinski definition) is 9. The second-order valence-electron chi connectivity index (χ2n) is 43.7. The maximum Gasteiger partial charge on any atom is 0.260 e. The molecule has 0 atom stereocenters. The summed E-state index contributed by atoms with van der Waals surface area (Å²) in [5.41, 5.74) is 38.2. The lowest BCUT2D eigenvalue weighted by Crippen LogP contribution is -2.57. The number of rotatable bonds is 15. The van der Waals surface area contributed by atoms with Crippen molar-refractivity contribution in [1.29, 1.82) is 0 Å². The summed E-state index contributed by atoms with van der Waals surface area (Å²) in [6.07, 6.45) is 0. The molecule has 0 fully saturated rings. The molecule has 0 amide bonds. The quantitative estimate of drug-likeness (QED) is 0.0934. The van der Waals surface area contributed by atoms with Crippen molar-refractivity contribution in [2.75, 3.05) is 14.7 Å². The smallest absolute Gasteiger partial charge is 0.260 e. The van der Waals surface area contributed by atoms with Gasteiger partial charge in [-0.1, -0.05) is 341 Å². The predicted molar refractivity (Wildman–Crippen MR) is 611 cm³/mol. The first-order valence-electron chi connectivity index (χ1n) is 52.2. The van der Waals surface area contributed by atoms with Crippen LogP contribution in [0.25, 0.3) is 43.8 Å². The number of benzene rings is 19. The molecule has 27 rings (SSSR count). The van der Waals surface area contributed by atoms with Crippen LogP contribution < -0.4 is 92.3 Å². The number of ether oxygens (including phenoxy) is 6. The van der Waals surface area contributed by atoms with Crippen LogP contribution in [0.15, 0.2) is 376 Å². The molecule has 12 heteroatoms. The minimum absolute atomic E-state index is 0.0173. The first kappa shape index (κ1) is 91.3. The molecule has 146 heavy (non-hydrogen) atoms. The van der Waals surface area contributed by atoms with Crippen LogP contribution in [0.4, 0.5) is 51.2 Å². The van der Waals surface area contributed by atoms with Gasteiger partial charge in [-0.05, 0) is 277 Å². The number of fused-ring (bicyclic) bond motifs is 20. The Morgan fingerprint density at radius 1 is 0.178 bits per heavy atom. The molecular formula is C134H116B3N3O6. The van der Waals surface area contributed by atoms with E-state index in [0.29, 0.717) is 35.5 Å². The molecule has 0 saturated heterocycles. The van der Waals surface area contributed by atoms with Gasteiger partial charge in [-0.3, -0.25) is 0 Å². The third-order valence-corrected chi connectivity index (χ3v) is 32.0. The molecule has 8 aliphatic rings. The van der Waals surface area contributed by atoms with Gasteiger partial charge in [-0.25, -0.2) is 0 Å². The van der Waals surface area contributed by atoms with Crippen molar-refractivity contribution < 1.29 is 28.4 Å². The Morgan fingerprint density at radius 3 is 0.760 bits per heavy atom.